The fraction of sp³-hybridized carbons (Fsp3) is 0.750. The number of carbonyl (C=O) groups is 1. The Hall–Kier alpha value is -0.650. The van der Waals surface area contributed by atoms with Crippen LogP contribution in [0.15, 0.2) is 0 Å². The lowest BCUT2D eigenvalue weighted by atomic mass is 10.9. The van der Waals surface area contributed by atoms with Gasteiger partial charge in [0.25, 0.3) is 0 Å². The van der Waals surface area contributed by atoms with Gasteiger partial charge in [-0.05, 0) is 6.98 Å². The molecule has 0 unspecified atom stereocenters. The molecule has 5 N–H and O–H groups in total. The standard InChI is InChI=1S/C4H11N3O2/c1-7(4(5)6)2-3(8)9/h4H,2,5-6H2,1H3,(H,8,9)/i1+1D3,2+1D2,7+1. The smallest absolute Gasteiger partial charge is 0.317 e. The highest BCUT2D eigenvalue weighted by Gasteiger charge is 2.06. The molecule has 0 aliphatic carbocycles. The number of carboxylic acids is 1. The van der Waals surface area contributed by atoms with Crippen LogP contribution in [0.3, 0.4) is 0 Å². The average Bonchev–Trinajstić information content (AvgIpc) is 1.79. The Morgan fingerprint density at radius 1 is 2.11 bits per heavy atom. The van der Waals surface area contributed by atoms with Crippen molar-refractivity contribution >= 4 is 5.97 Å². The number of aliphatic carboxylic acids is 1. The highest BCUT2D eigenvalue weighted by Crippen LogP contribution is 1.79. The van der Waals surface area contributed by atoms with Crippen LogP contribution in [0.2, 0.25) is 0 Å². The minimum Gasteiger partial charge on any atom is -0.480 e. The van der Waals surface area contributed by atoms with Gasteiger partial charge in [-0.3, -0.25) is 9.69 Å². The molecular weight excluding hydrogens is 125 g/mol. The minimum atomic E-state index is -3.14. The van der Waals surface area contributed by atoms with Crippen molar-refractivity contribution in [1.82, 2.24) is 4.90 Å². The lowest BCUT2D eigenvalue weighted by Crippen LogP contribution is -2.48. The van der Waals surface area contributed by atoms with Gasteiger partial charge in [0.05, 0.1) is 9.24 Å². The quantitative estimate of drug-likeness (QED) is 0.245. The predicted octanol–water partition coefficient (Wildman–Crippen LogP) is -1.80. The van der Waals surface area contributed by atoms with Crippen molar-refractivity contribution in [2.75, 3.05) is 13.5 Å². The second-order valence-electron chi connectivity index (χ2n) is 1.28. The van der Waals surface area contributed by atoms with E-state index >= 15 is 0 Å². The Kier molecular flexibility index (Phi) is 1.11. The molecule has 5 nitrogen and oxygen atoms in total. The zero-order valence-corrected chi connectivity index (χ0v) is 4.53. The van der Waals surface area contributed by atoms with Crippen LogP contribution in [0.5, 0.6) is 0 Å². The van der Waals surface area contributed by atoms with Crippen molar-refractivity contribution in [2.24, 2.45) is 11.5 Å². The van der Waals surface area contributed by atoms with Crippen LogP contribution in [0.4, 0.5) is 0 Å². The zero-order valence-electron chi connectivity index (χ0n) is 9.53. The van der Waals surface area contributed by atoms with Crippen LogP contribution in [-0.4, -0.2) is 35.7 Å². The van der Waals surface area contributed by atoms with Gasteiger partial charge >= 0.3 is 5.97 Å². The molecule has 0 radical (unpaired) electrons. The summed E-state index contributed by atoms with van der Waals surface area (Å²) >= 11 is 0. The molecule has 0 bridgehead atoms. The van der Waals surface area contributed by atoms with E-state index in [9.17, 15) is 4.79 Å². The molecule has 0 saturated heterocycles. The van der Waals surface area contributed by atoms with Crippen LogP contribution in [0.25, 0.3) is 0 Å². The topological polar surface area (TPSA) is 92.6 Å². The molecule has 9 heavy (non-hydrogen) atoms. The van der Waals surface area contributed by atoms with E-state index in [2.05, 4.69) is 0 Å². The molecule has 0 heterocycles. The van der Waals surface area contributed by atoms with Crippen LogP contribution in [0, 0.1) is 0 Å². The largest absolute Gasteiger partial charge is 0.480 e. The number of likely N-dealkylation sites (N-methyl/N-ethyl adjacent to an activating group) is 1. The predicted molar refractivity (Wildman–Crippen MR) is 32.4 cm³/mol. The summed E-state index contributed by atoms with van der Waals surface area (Å²) in [4.78, 5) is 10.3. The molecular formula is C4H11N3O2. The van der Waals surface area contributed by atoms with E-state index in [1.165, 1.54) is 0 Å². The first-order valence-electron chi connectivity index (χ1n) is 4.55. The summed E-state index contributed by atoms with van der Waals surface area (Å²) in [6, 6.07) is 0. The Balaban J connectivity index is 5.13. The van der Waals surface area contributed by atoms with Crippen LogP contribution < -0.4 is 11.5 Å². The normalized spacial score (nSPS) is 22.0. The highest BCUT2D eigenvalue weighted by atomic mass is 16.4. The van der Waals surface area contributed by atoms with Crippen LogP contribution in [0.1, 0.15) is 6.85 Å². The fourth-order valence-corrected chi connectivity index (χ4v) is 0.178. The lowest BCUT2D eigenvalue weighted by Gasteiger charge is -2.17. The van der Waals surface area contributed by atoms with Gasteiger partial charge in [0.1, 0.15) is 6.29 Å². The van der Waals surface area contributed by atoms with Gasteiger partial charge in [-0.15, -0.1) is 0 Å². The molecule has 54 valence electrons. The van der Waals surface area contributed by atoms with Gasteiger partial charge in [-0.1, -0.05) is 0 Å². The summed E-state index contributed by atoms with van der Waals surface area (Å²) in [7, 11) is 0. The molecule has 0 aromatic rings. The maximum atomic E-state index is 10.4. The van der Waals surface area contributed by atoms with Gasteiger partial charge in [0, 0.05) is 4.11 Å². The maximum absolute atomic E-state index is 10.4. The second-order valence-corrected chi connectivity index (χ2v) is 1.28. The maximum Gasteiger partial charge on any atom is 0.317 e. The van der Waals surface area contributed by atoms with E-state index in [1.807, 2.05) is 0 Å². The first kappa shape index (κ1) is 2.96. The van der Waals surface area contributed by atoms with Gasteiger partial charge < -0.3 is 16.6 Å². The number of carboxylic acid groups (broad SMARTS) is 1. The molecule has 0 spiro atoms. The van der Waals surface area contributed by atoms with Crippen LogP contribution >= 0.6 is 0 Å². The van der Waals surface area contributed by atoms with Gasteiger partial charge in [-0.25, -0.2) is 0 Å². The summed E-state index contributed by atoms with van der Waals surface area (Å²) < 4.78 is 34.6. The van der Waals surface area contributed by atoms with Crippen molar-refractivity contribution in [3.63, 3.8) is 0 Å². The first-order valence-corrected chi connectivity index (χ1v) is 2.05. The first-order chi connectivity index (χ1) is 6.01. The molecule has 5 heteroatoms. The average molecular weight is 141 g/mol. The highest BCUT2D eigenvalue weighted by molar-refractivity contribution is 5.69. The van der Waals surface area contributed by atoms with E-state index in [1.54, 1.807) is 0 Å². The molecule has 0 aromatic heterocycles. The Morgan fingerprint density at radius 3 is 2.78 bits per heavy atom. The molecule has 0 aliphatic rings. The Bertz CT molecular complexity index is 228. The molecule has 0 atom stereocenters. The number of nitrogens with zero attached hydrogens (tertiary/aromatic N) is 1. The Morgan fingerprint density at radius 2 is 2.67 bits per heavy atom. The third-order valence-electron chi connectivity index (χ3n) is 0.514. The molecule has 0 saturated carbocycles. The number of nitrogens with two attached hydrogens (primary N) is 2. The van der Waals surface area contributed by atoms with E-state index in [4.69, 9.17) is 23.4 Å². The van der Waals surface area contributed by atoms with E-state index in [-0.39, 0.29) is 4.90 Å². The van der Waals surface area contributed by atoms with Crippen molar-refractivity contribution in [3.05, 3.63) is 0 Å². The SMILES string of the molecule is [2H][13C]([2H])([2H])[15N](C(N)N)[13C]([2H])([2H])C(=O)O. The Labute approximate surface area is 60.3 Å². The van der Waals surface area contributed by atoms with Crippen molar-refractivity contribution in [2.45, 2.75) is 6.29 Å². The molecule has 0 fully saturated rings. The monoisotopic (exact) mass is 141 g/mol. The van der Waals surface area contributed by atoms with E-state index < -0.39 is 25.7 Å². The van der Waals surface area contributed by atoms with E-state index in [0.717, 1.165) is 0 Å². The number of hydrogen-bond donors (Lipinski definition) is 3. The van der Waals surface area contributed by atoms with Gasteiger partial charge in [0.2, 0.25) is 0 Å². The third-order valence-corrected chi connectivity index (χ3v) is 0.514. The summed E-state index contributed by atoms with van der Waals surface area (Å²) in [5, 5.41) is 8.45. The van der Waals surface area contributed by atoms with Crippen molar-refractivity contribution in [3.8, 4) is 0 Å². The van der Waals surface area contributed by atoms with Crippen LogP contribution in [-0.2, 0) is 4.79 Å². The number of hydrogen-bond acceptors (Lipinski definition) is 4. The third kappa shape index (κ3) is 3.89. The zero-order chi connectivity index (χ0) is 11.7. The summed E-state index contributed by atoms with van der Waals surface area (Å²) in [5.74, 6) is -1.96. The number of rotatable bonds is 3. The second kappa shape index (κ2) is 3.39. The minimum absolute atomic E-state index is 0.0949. The molecule has 0 aromatic carbocycles. The lowest BCUT2D eigenvalue weighted by molar-refractivity contribution is -0.138. The van der Waals surface area contributed by atoms with Gasteiger partial charge in [0.15, 0.2) is 0 Å². The van der Waals surface area contributed by atoms with E-state index in [0.29, 0.717) is 0 Å². The molecule has 0 amide bonds. The summed E-state index contributed by atoms with van der Waals surface area (Å²) in [5.41, 5.74) is 9.97. The van der Waals surface area contributed by atoms with Crippen molar-refractivity contribution in [1.29, 1.82) is 0 Å². The molecule has 0 rings (SSSR count). The van der Waals surface area contributed by atoms with Gasteiger partial charge in [-0.2, -0.15) is 0 Å². The fourth-order valence-electron chi connectivity index (χ4n) is 0.178. The van der Waals surface area contributed by atoms with Crippen molar-refractivity contribution < 1.29 is 16.8 Å². The summed E-state index contributed by atoms with van der Waals surface area (Å²) in [6.07, 6.45) is -1.73. The summed E-state index contributed by atoms with van der Waals surface area (Å²) in [6.45, 7) is -6.16. The molecule has 0 aliphatic heterocycles.